The summed E-state index contributed by atoms with van der Waals surface area (Å²) in [7, 11) is 0. The summed E-state index contributed by atoms with van der Waals surface area (Å²) < 4.78 is 2.49. The normalized spacial score (nSPS) is 11.6. The van der Waals surface area contributed by atoms with Gasteiger partial charge in [0.25, 0.3) is 0 Å². The van der Waals surface area contributed by atoms with Gasteiger partial charge in [0, 0.05) is 47.4 Å². The highest BCUT2D eigenvalue weighted by Crippen LogP contribution is 2.42. The number of aromatic nitrogens is 3. The molecule has 0 spiro atoms. The third-order valence-corrected chi connectivity index (χ3v) is 10.0. The molecule has 0 aliphatic rings. The third kappa shape index (κ3) is 4.62. The van der Waals surface area contributed by atoms with Gasteiger partial charge in [-0.2, -0.15) is 0 Å². The smallest absolute Gasteiger partial charge is 0.164 e. The zero-order chi connectivity index (χ0) is 30.6. The molecule has 0 aliphatic carbocycles. The van der Waals surface area contributed by atoms with Gasteiger partial charge >= 0.3 is 0 Å². The zero-order valence-corrected chi connectivity index (χ0v) is 26.1. The van der Waals surface area contributed by atoms with Gasteiger partial charge in [0.1, 0.15) is 0 Å². The van der Waals surface area contributed by atoms with Gasteiger partial charge in [-0.25, -0.2) is 15.0 Å². The van der Waals surface area contributed by atoms with Crippen LogP contribution >= 0.6 is 22.9 Å². The van der Waals surface area contributed by atoms with Gasteiger partial charge in [-0.05, 0) is 69.6 Å². The van der Waals surface area contributed by atoms with E-state index in [1.54, 1.807) is 11.3 Å². The average Bonchev–Trinajstić information content (AvgIpc) is 3.50. The lowest BCUT2D eigenvalue weighted by atomic mass is 9.97. The summed E-state index contributed by atoms with van der Waals surface area (Å²) in [5.74, 6) is 1.85. The molecule has 0 amide bonds. The number of halogens is 1. The van der Waals surface area contributed by atoms with Crippen molar-refractivity contribution in [3.8, 4) is 45.3 Å². The molecule has 0 bridgehead atoms. The van der Waals surface area contributed by atoms with Crippen molar-refractivity contribution in [1.29, 1.82) is 0 Å². The van der Waals surface area contributed by atoms with Gasteiger partial charge in [-0.3, -0.25) is 0 Å². The molecule has 7 aromatic carbocycles. The summed E-state index contributed by atoms with van der Waals surface area (Å²) in [5.41, 5.74) is 4.80. The Morgan fingerprint density at radius 2 is 0.935 bits per heavy atom. The van der Waals surface area contributed by atoms with E-state index in [4.69, 9.17) is 26.6 Å². The molecule has 2 aromatic heterocycles. The van der Waals surface area contributed by atoms with Crippen molar-refractivity contribution in [2.45, 2.75) is 0 Å². The second-order valence-corrected chi connectivity index (χ2v) is 12.9. The Morgan fingerprint density at radius 1 is 0.413 bits per heavy atom. The van der Waals surface area contributed by atoms with Gasteiger partial charge in [0.15, 0.2) is 17.5 Å². The molecule has 9 rings (SSSR count). The van der Waals surface area contributed by atoms with Crippen LogP contribution in [0, 0.1) is 0 Å². The van der Waals surface area contributed by atoms with E-state index in [1.165, 1.54) is 30.9 Å². The number of rotatable bonds is 4. The molecular formula is C41H24ClN3S. The lowest BCUT2D eigenvalue weighted by Crippen LogP contribution is -2.00. The monoisotopic (exact) mass is 625 g/mol. The van der Waals surface area contributed by atoms with Gasteiger partial charge in [-0.1, -0.05) is 115 Å². The average molecular weight is 626 g/mol. The molecule has 2 heterocycles. The Balaban J connectivity index is 1.25. The van der Waals surface area contributed by atoms with Crippen molar-refractivity contribution in [2.75, 3.05) is 0 Å². The molecule has 0 N–H and O–H groups in total. The van der Waals surface area contributed by atoms with E-state index in [9.17, 15) is 0 Å². The minimum absolute atomic E-state index is 0.599. The summed E-state index contributed by atoms with van der Waals surface area (Å²) in [5, 5.41) is 7.76. The maximum Gasteiger partial charge on any atom is 0.164 e. The molecule has 0 atom stereocenters. The summed E-state index contributed by atoms with van der Waals surface area (Å²) in [4.78, 5) is 15.2. The maximum atomic E-state index is 6.95. The fourth-order valence-electron chi connectivity index (χ4n) is 6.29. The van der Waals surface area contributed by atoms with E-state index in [1.807, 2.05) is 12.1 Å². The Morgan fingerprint density at radius 3 is 1.59 bits per heavy atom. The zero-order valence-electron chi connectivity index (χ0n) is 24.5. The SMILES string of the molecule is Clc1ccc(-c2nc(-c3ccc4ccccc4c3)nc(-c3ccc4ccccc4c3)n2)cc1-c1cccc2sc3ccccc3c12. The molecule has 0 saturated carbocycles. The molecule has 0 aliphatic heterocycles. The summed E-state index contributed by atoms with van der Waals surface area (Å²) in [6.07, 6.45) is 0. The van der Waals surface area contributed by atoms with Crippen molar-refractivity contribution >= 4 is 64.7 Å². The van der Waals surface area contributed by atoms with Gasteiger partial charge in [0.2, 0.25) is 0 Å². The quantitative estimate of drug-likeness (QED) is 0.195. The molecular weight excluding hydrogens is 602 g/mol. The number of hydrogen-bond donors (Lipinski definition) is 0. The van der Waals surface area contributed by atoms with E-state index in [0.29, 0.717) is 22.5 Å². The molecule has 0 radical (unpaired) electrons. The molecule has 0 saturated heterocycles. The van der Waals surface area contributed by atoms with E-state index in [0.717, 1.165) is 38.6 Å². The molecule has 5 heteroatoms. The second kappa shape index (κ2) is 10.9. The molecule has 46 heavy (non-hydrogen) atoms. The predicted octanol–water partition coefficient (Wildman–Crippen LogP) is 11.9. The van der Waals surface area contributed by atoms with Gasteiger partial charge in [-0.15, -0.1) is 11.3 Å². The van der Waals surface area contributed by atoms with Crippen LogP contribution < -0.4 is 0 Å². The molecule has 216 valence electrons. The minimum Gasteiger partial charge on any atom is -0.208 e. The number of thiophene rings is 1. The first kappa shape index (κ1) is 26.9. The number of nitrogens with zero attached hydrogens (tertiary/aromatic N) is 3. The highest BCUT2D eigenvalue weighted by Gasteiger charge is 2.17. The minimum atomic E-state index is 0.599. The highest BCUT2D eigenvalue weighted by molar-refractivity contribution is 7.25. The predicted molar refractivity (Wildman–Crippen MR) is 194 cm³/mol. The van der Waals surface area contributed by atoms with Crippen LogP contribution in [0.15, 0.2) is 146 Å². The summed E-state index contributed by atoms with van der Waals surface area (Å²) in [6, 6.07) is 50.4. The van der Waals surface area contributed by atoms with Crippen molar-refractivity contribution < 1.29 is 0 Å². The Bertz CT molecular complexity index is 2530. The van der Waals surface area contributed by atoms with Crippen LogP contribution in [0.3, 0.4) is 0 Å². The van der Waals surface area contributed by atoms with Gasteiger partial charge in [0.05, 0.1) is 0 Å². The van der Waals surface area contributed by atoms with Crippen LogP contribution in [0.4, 0.5) is 0 Å². The third-order valence-electron chi connectivity index (χ3n) is 8.57. The maximum absolute atomic E-state index is 6.95. The van der Waals surface area contributed by atoms with E-state index in [2.05, 4.69) is 133 Å². The Hall–Kier alpha value is -5.42. The van der Waals surface area contributed by atoms with E-state index >= 15 is 0 Å². The lowest BCUT2D eigenvalue weighted by Gasteiger charge is -2.12. The largest absolute Gasteiger partial charge is 0.208 e. The van der Waals surface area contributed by atoms with Crippen LogP contribution in [0.1, 0.15) is 0 Å². The second-order valence-electron chi connectivity index (χ2n) is 11.4. The van der Waals surface area contributed by atoms with Crippen LogP contribution in [0.5, 0.6) is 0 Å². The number of benzene rings is 7. The Kier molecular flexibility index (Phi) is 6.37. The highest BCUT2D eigenvalue weighted by atomic mass is 35.5. The van der Waals surface area contributed by atoms with Crippen molar-refractivity contribution in [2.24, 2.45) is 0 Å². The number of fused-ring (bicyclic) bond motifs is 5. The van der Waals surface area contributed by atoms with Crippen LogP contribution in [-0.2, 0) is 0 Å². The van der Waals surface area contributed by atoms with Crippen molar-refractivity contribution in [3.05, 3.63) is 151 Å². The van der Waals surface area contributed by atoms with Crippen molar-refractivity contribution in [3.63, 3.8) is 0 Å². The number of hydrogen-bond acceptors (Lipinski definition) is 4. The van der Waals surface area contributed by atoms with E-state index < -0.39 is 0 Å². The first-order valence-corrected chi connectivity index (χ1v) is 16.3. The van der Waals surface area contributed by atoms with Crippen LogP contribution in [0.2, 0.25) is 5.02 Å². The van der Waals surface area contributed by atoms with E-state index in [-0.39, 0.29) is 0 Å². The molecule has 0 unspecified atom stereocenters. The van der Waals surface area contributed by atoms with Crippen molar-refractivity contribution in [1.82, 2.24) is 15.0 Å². The molecule has 9 aromatic rings. The summed E-state index contributed by atoms with van der Waals surface area (Å²) >= 11 is 8.75. The first-order chi connectivity index (χ1) is 22.7. The molecule has 0 fully saturated rings. The fraction of sp³-hybridized carbons (Fsp3) is 0. The fourth-order valence-corrected chi connectivity index (χ4v) is 7.64. The standard InChI is InChI=1S/C41H24ClN3S/c42-35-21-20-31(24-34(35)32-13-7-15-37-38(32)33-12-5-6-14-36(33)46-37)41-44-39(29-18-16-25-8-1-3-10-27(25)22-29)43-40(45-41)30-19-17-26-9-2-4-11-28(26)23-30/h1-24H. The van der Waals surface area contributed by atoms with Crippen LogP contribution in [-0.4, -0.2) is 15.0 Å². The Labute approximate surface area is 274 Å². The molecule has 3 nitrogen and oxygen atoms in total. The first-order valence-electron chi connectivity index (χ1n) is 15.1. The topological polar surface area (TPSA) is 38.7 Å². The van der Waals surface area contributed by atoms with Gasteiger partial charge < -0.3 is 0 Å². The lowest BCUT2D eigenvalue weighted by molar-refractivity contribution is 1.08. The van der Waals surface area contributed by atoms with Crippen LogP contribution in [0.25, 0.3) is 87.0 Å². The summed E-state index contributed by atoms with van der Waals surface area (Å²) in [6.45, 7) is 0.